The van der Waals surface area contributed by atoms with Crippen LogP contribution in [0.1, 0.15) is 12.1 Å². The smallest absolute Gasteiger partial charge is 0.193 e. The van der Waals surface area contributed by atoms with E-state index in [-0.39, 0.29) is 5.78 Å². The Labute approximate surface area is 85.7 Å². The van der Waals surface area contributed by atoms with Gasteiger partial charge in [0.05, 0.1) is 12.1 Å². The van der Waals surface area contributed by atoms with Crippen LogP contribution < -0.4 is 0 Å². The number of hydrogen-bond donors (Lipinski definition) is 0. The molecule has 0 atom stereocenters. The van der Waals surface area contributed by atoms with Crippen molar-refractivity contribution in [1.82, 2.24) is 9.38 Å². The standard InChI is InChI=1S/C10H10N2OS/c1-2-3-9(13)6-8-7-12-4-5-14-10(12)11-8/h2,4-5,7H,1,3,6H2. The highest BCUT2D eigenvalue weighted by Gasteiger charge is 2.06. The summed E-state index contributed by atoms with van der Waals surface area (Å²) in [6.45, 7) is 3.53. The Hall–Kier alpha value is -1.42. The number of allylic oxidation sites excluding steroid dienone is 1. The van der Waals surface area contributed by atoms with Crippen molar-refractivity contribution in [3.63, 3.8) is 0 Å². The number of nitrogens with zero attached hydrogens (tertiary/aromatic N) is 2. The second-order valence-corrected chi connectivity index (χ2v) is 3.91. The van der Waals surface area contributed by atoms with Gasteiger partial charge in [-0.25, -0.2) is 4.98 Å². The summed E-state index contributed by atoms with van der Waals surface area (Å²) in [5, 5.41) is 1.97. The fraction of sp³-hybridized carbons (Fsp3) is 0.200. The third-order valence-corrected chi connectivity index (χ3v) is 2.66. The molecule has 0 aliphatic heterocycles. The molecule has 0 radical (unpaired) electrons. The summed E-state index contributed by atoms with van der Waals surface area (Å²) in [6, 6.07) is 0. The van der Waals surface area contributed by atoms with Crippen molar-refractivity contribution in [1.29, 1.82) is 0 Å². The van der Waals surface area contributed by atoms with Crippen molar-refractivity contribution in [2.75, 3.05) is 0 Å². The van der Waals surface area contributed by atoms with Gasteiger partial charge in [-0.3, -0.25) is 9.20 Å². The summed E-state index contributed by atoms with van der Waals surface area (Å²) < 4.78 is 1.93. The molecule has 0 fully saturated rings. The van der Waals surface area contributed by atoms with E-state index >= 15 is 0 Å². The number of fused-ring (bicyclic) bond motifs is 1. The van der Waals surface area contributed by atoms with Gasteiger partial charge in [-0.05, 0) is 0 Å². The molecule has 0 aromatic carbocycles. The van der Waals surface area contributed by atoms with Gasteiger partial charge in [0, 0.05) is 24.2 Å². The summed E-state index contributed by atoms with van der Waals surface area (Å²) in [5.74, 6) is 0.158. The van der Waals surface area contributed by atoms with Gasteiger partial charge >= 0.3 is 0 Å². The van der Waals surface area contributed by atoms with Crippen LogP contribution in [-0.4, -0.2) is 15.2 Å². The zero-order valence-corrected chi connectivity index (χ0v) is 8.46. The zero-order chi connectivity index (χ0) is 9.97. The van der Waals surface area contributed by atoms with E-state index in [0.29, 0.717) is 12.8 Å². The van der Waals surface area contributed by atoms with Crippen molar-refractivity contribution in [3.8, 4) is 0 Å². The second kappa shape index (κ2) is 3.75. The lowest BCUT2D eigenvalue weighted by molar-refractivity contribution is -0.117. The molecule has 0 unspecified atom stereocenters. The Morgan fingerprint density at radius 1 is 1.71 bits per heavy atom. The third-order valence-electron chi connectivity index (χ3n) is 1.89. The second-order valence-electron chi connectivity index (χ2n) is 3.03. The lowest BCUT2D eigenvalue weighted by Crippen LogP contribution is -2.00. The molecule has 0 spiro atoms. The molecular formula is C10H10N2OS. The first kappa shape index (κ1) is 9.15. The highest BCUT2D eigenvalue weighted by Crippen LogP contribution is 2.12. The predicted octanol–water partition coefficient (Wildman–Crippen LogP) is 2.08. The van der Waals surface area contributed by atoms with E-state index < -0.39 is 0 Å². The molecule has 14 heavy (non-hydrogen) atoms. The van der Waals surface area contributed by atoms with Crippen LogP contribution in [0.5, 0.6) is 0 Å². The van der Waals surface area contributed by atoms with Crippen LogP contribution in [0, 0.1) is 0 Å². The minimum atomic E-state index is 0.158. The highest BCUT2D eigenvalue weighted by molar-refractivity contribution is 7.15. The summed E-state index contributed by atoms with van der Waals surface area (Å²) in [7, 11) is 0. The first-order chi connectivity index (χ1) is 6.79. The summed E-state index contributed by atoms with van der Waals surface area (Å²) >= 11 is 1.57. The number of carbonyl (C=O) groups is 1. The molecule has 2 rings (SSSR count). The minimum Gasteiger partial charge on any atom is -0.299 e. The van der Waals surface area contributed by atoms with Gasteiger partial charge < -0.3 is 0 Å². The number of aromatic nitrogens is 2. The first-order valence-corrected chi connectivity index (χ1v) is 5.21. The van der Waals surface area contributed by atoms with Crippen molar-refractivity contribution >= 4 is 22.1 Å². The minimum absolute atomic E-state index is 0.158. The van der Waals surface area contributed by atoms with E-state index in [1.165, 1.54) is 0 Å². The molecule has 2 aromatic rings. The Balaban J connectivity index is 2.15. The van der Waals surface area contributed by atoms with Gasteiger partial charge in [-0.1, -0.05) is 6.08 Å². The van der Waals surface area contributed by atoms with Crippen LogP contribution in [0.15, 0.2) is 30.4 Å². The van der Waals surface area contributed by atoms with Gasteiger partial charge in [0.15, 0.2) is 4.96 Å². The molecule has 4 heteroatoms. The molecule has 0 N–H and O–H groups in total. The van der Waals surface area contributed by atoms with Gasteiger partial charge in [0.2, 0.25) is 0 Å². The lowest BCUT2D eigenvalue weighted by atomic mass is 10.2. The van der Waals surface area contributed by atoms with Crippen molar-refractivity contribution in [2.45, 2.75) is 12.8 Å². The molecular weight excluding hydrogens is 196 g/mol. The van der Waals surface area contributed by atoms with Crippen LogP contribution >= 0.6 is 11.3 Å². The fourth-order valence-corrected chi connectivity index (χ4v) is 2.02. The largest absolute Gasteiger partial charge is 0.299 e. The topological polar surface area (TPSA) is 34.4 Å². The normalized spacial score (nSPS) is 10.6. The molecule has 0 aliphatic carbocycles. The molecule has 0 aliphatic rings. The van der Waals surface area contributed by atoms with Crippen LogP contribution in [0.4, 0.5) is 0 Å². The maximum absolute atomic E-state index is 11.3. The number of hydrogen-bond acceptors (Lipinski definition) is 3. The molecule has 0 saturated heterocycles. The molecule has 2 heterocycles. The van der Waals surface area contributed by atoms with Crippen LogP contribution in [-0.2, 0) is 11.2 Å². The highest BCUT2D eigenvalue weighted by atomic mass is 32.1. The van der Waals surface area contributed by atoms with Gasteiger partial charge in [-0.2, -0.15) is 0 Å². The van der Waals surface area contributed by atoms with E-state index in [9.17, 15) is 4.79 Å². The first-order valence-electron chi connectivity index (χ1n) is 4.33. The number of carbonyl (C=O) groups excluding carboxylic acids is 1. The Morgan fingerprint density at radius 3 is 3.29 bits per heavy atom. The van der Waals surface area contributed by atoms with E-state index in [0.717, 1.165) is 10.7 Å². The molecule has 72 valence electrons. The molecule has 0 saturated carbocycles. The summed E-state index contributed by atoms with van der Waals surface area (Å²) in [5.41, 5.74) is 0.837. The van der Waals surface area contributed by atoms with Crippen LogP contribution in [0.2, 0.25) is 0 Å². The zero-order valence-electron chi connectivity index (χ0n) is 7.64. The van der Waals surface area contributed by atoms with E-state index in [2.05, 4.69) is 11.6 Å². The maximum atomic E-state index is 11.3. The number of rotatable bonds is 4. The van der Waals surface area contributed by atoms with E-state index in [1.54, 1.807) is 17.4 Å². The van der Waals surface area contributed by atoms with Crippen molar-refractivity contribution in [2.24, 2.45) is 0 Å². The van der Waals surface area contributed by atoms with Crippen LogP contribution in [0.25, 0.3) is 4.96 Å². The number of thiazole rings is 1. The SMILES string of the molecule is C=CCC(=O)Cc1cn2ccsc2n1. The monoisotopic (exact) mass is 206 g/mol. The number of ketones is 1. The summed E-state index contributed by atoms with van der Waals surface area (Å²) in [6.07, 6.45) is 6.29. The number of Topliss-reactive ketones (excluding diaryl/α,β-unsaturated/α-hetero) is 1. The maximum Gasteiger partial charge on any atom is 0.193 e. The molecule has 0 bridgehead atoms. The Morgan fingerprint density at radius 2 is 2.57 bits per heavy atom. The molecule has 2 aromatic heterocycles. The quantitative estimate of drug-likeness (QED) is 0.718. The average molecular weight is 206 g/mol. The van der Waals surface area contributed by atoms with Gasteiger partial charge in [0.25, 0.3) is 0 Å². The fourth-order valence-electron chi connectivity index (χ4n) is 1.30. The van der Waals surface area contributed by atoms with Crippen molar-refractivity contribution in [3.05, 3.63) is 36.1 Å². The van der Waals surface area contributed by atoms with Gasteiger partial charge in [-0.15, -0.1) is 17.9 Å². The average Bonchev–Trinajstić information content (AvgIpc) is 2.63. The Bertz CT molecular complexity index is 441. The third kappa shape index (κ3) is 1.75. The molecule has 3 nitrogen and oxygen atoms in total. The van der Waals surface area contributed by atoms with Crippen LogP contribution in [0.3, 0.4) is 0 Å². The predicted molar refractivity (Wildman–Crippen MR) is 56.6 cm³/mol. The van der Waals surface area contributed by atoms with Crippen molar-refractivity contribution < 1.29 is 4.79 Å². The van der Waals surface area contributed by atoms with E-state index in [4.69, 9.17) is 0 Å². The number of imidazole rings is 1. The summed E-state index contributed by atoms with van der Waals surface area (Å²) in [4.78, 5) is 16.6. The Kier molecular flexibility index (Phi) is 2.45. The van der Waals surface area contributed by atoms with E-state index in [1.807, 2.05) is 22.2 Å². The lowest BCUT2D eigenvalue weighted by Gasteiger charge is -1.91. The molecule has 0 amide bonds. The van der Waals surface area contributed by atoms with Gasteiger partial charge in [0.1, 0.15) is 5.78 Å².